The Morgan fingerprint density at radius 3 is 2.94 bits per heavy atom. The number of nitrogens with one attached hydrogen (secondary N) is 1. The lowest BCUT2D eigenvalue weighted by atomic mass is 10.1. The van der Waals surface area contributed by atoms with Crippen LogP contribution in [-0.2, 0) is 0 Å². The third-order valence-electron chi connectivity index (χ3n) is 3.13. The zero-order chi connectivity index (χ0) is 13.0. The van der Waals surface area contributed by atoms with Gasteiger partial charge in [-0.15, -0.1) is 11.3 Å². The maximum Gasteiger partial charge on any atom is 0.357 e. The predicted molar refractivity (Wildman–Crippen MR) is 72.4 cm³/mol. The summed E-state index contributed by atoms with van der Waals surface area (Å²) in [7, 11) is 0. The van der Waals surface area contributed by atoms with Gasteiger partial charge in [-0.1, -0.05) is 6.42 Å². The molecule has 0 amide bonds. The Balaban J connectivity index is 1.88. The number of hydrogen-bond donors (Lipinski definition) is 2. The molecule has 0 aliphatic carbocycles. The molecular formula is C12H19N3O2S. The molecule has 0 radical (unpaired) electrons. The zero-order valence-electron chi connectivity index (χ0n) is 10.6. The van der Waals surface area contributed by atoms with Crippen LogP contribution in [0.25, 0.3) is 0 Å². The highest BCUT2D eigenvalue weighted by atomic mass is 32.1. The summed E-state index contributed by atoms with van der Waals surface area (Å²) >= 11 is 1.35. The van der Waals surface area contributed by atoms with E-state index in [9.17, 15) is 4.79 Å². The van der Waals surface area contributed by atoms with E-state index in [0.29, 0.717) is 5.00 Å². The molecule has 0 bridgehead atoms. The Bertz CT molecular complexity index is 402. The molecule has 2 rings (SSSR count). The van der Waals surface area contributed by atoms with E-state index in [2.05, 4.69) is 22.1 Å². The summed E-state index contributed by atoms with van der Waals surface area (Å²) in [4.78, 5) is 17.2. The van der Waals surface area contributed by atoms with E-state index in [-0.39, 0.29) is 11.7 Å². The summed E-state index contributed by atoms with van der Waals surface area (Å²) in [6.07, 6.45) is 3.87. The standard InChI is InChI=1S/C12H19N3O2S/c1-9(7-15-5-3-2-4-6-15)14-11-10(12(16)17)13-8-18-11/h8-9,14H,2-7H2,1H3,(H,16,17). The van der Waals surface area contributed by atoms with Crippen molar-refractivity contribution in [1.29, 1.82) is 0 Å². The van der Waals surface area contributed by atoms with Gasteiger partial charge in [-0.2, -0.15) is 0 Å². The number of hydrogen-bond acceptors (Lipinski definition) is 5. The molecule has 1 saturated heterocycles. The van der Waals surface area contributed by atoms with Gasteiger partial charge in [0, 0.05) is 12.6 Å². The third-order valence-corrected chi connectivity index (χ3v) is 3.89. The summed E-state index contributed by atoms with van der Waals surface area (Å²) in [5.74, 6) is -0.969. The molecule has 100 valence electrons. The molecule has 0 spiro atoms. The largest absolute Gasteiger partial charge is 0.476 e. The minimum atomic E-state index is -0.969. The van der Waals surface area contributed by atoms with Gasteiger partial charge in [-0.25, -0.2) is 9.78 Å². The van der Waals surface area contributed by atoms with Crippen molar-refractivity contribution in [2.24, 2.45) is 0 Å². The van der Waals surface area contributed by atoms with Crippen molar-refractivity contribution in [3.8, 4) is 0 Å². The van der Waals surface area contributed by atoms with Gasteiger partial charge in [0.2, 0.25) is 0 Å². The van der Waals surface area contributed by atoms with E-state index >= 15 is 0 Å². The van der Waals surface area contributed by atoms with E-state index in [4.69, 9.17) is 5.11 Å². The second-order valence-electron chi connectivity index (χ2n) is 4.74. The van der Waals surface area contributed by atoms with E-state index in [1.165, 1.54) is 30.6 Å². The molecular weight excluding hydrogens is 250 g/mol. The molecule has 1 aliphatic heterocycles. The summed E-state index contributed by atoms with van der Waals surface area (Å²) in [5.41, 5.74) is 1.70. The van der Waals surface area contributed by atoms with Gasteiger partial charge in [0.05, 0.1) is 5.51 Å². The van der Waals surface area contributed by atoms with Crippen molar-refractivity contribution in [2.45, 2.75) is 32.2 Å². The highest BCUT2D eigenvalue weighted by molar-refractivity contribution is 7.14. The zero-order valence-corrected chi connectivity index (χ0v) is 11.4. The maximum atomic E-state index is 10.9. The fraction of sp³-hybridized carbons (Fsp3) is 0.667. The molecule has 1 atom stereocenters. The second-order valence-corrected chi connectivity index (χ2v) is 5.60. The minimum Gasteiger partial charge on any atom is -0.476 e. The van der Waals surface area contributed by atoms with Crippen molar-refractivity contribution in [1.82, 2.24) is 9.88 Å². The van der Waals surface area contributed by atoms with Crippen molar-refractivity contribution < 1.29 is 9.90 Å². The van der Waals surface area contributed by atoms with Gasteiger partial charge in [0.1, 0.15) is 5.00 Å². The van der Waals surface area contributed by atoms with E-state index in [1.807, 2.05) is 0 Å². The van der Waals surface area contributed by atoms with Crippen LogP contribution in [0.5, 0.6) is 0 Å². The topological polar surface area (TPSA) is 65.5 Å². The summed E-state index contributed by atoms with van der Waals surface area (Å²) < 4.78 is 0. The number of piperidine rings is 1. The van der Waals surface area contributed by atoms with Crippen LogP contribution >= 0.6 is 11.3 Å². The molecule has 1 aliphatic rings. The Labute approximate surface area is 111 Å². The molecule has 6 heteroatoms. The second kappa shape index (κ2) is 6.15. The number of carbonyl (C=O) groups is 1. The normalized spacial score (nSPS) is 18.5. The van der Waals surface area contributed by atoms with Crippen LogP contribution in [-0.4, -0.2) is 46.6 Å². The van der Waals surface area contributed by atoms with Gasteiger partial charge in [-0.05, 0) is 32.9 Å². The van der Waals surface area contributed by atoms with Crippen molar-refractivity contribution in [3.05, 3.63) is 11.2 Å². The Morgan fingerprint density at radius 1 is 1.56 bits per heavy atom. The number of anilines is 1. The molecule has 18 heavy (non-hydrogen) atoms. The Hall–Kier alpha value is -1.14. The predicted octanol–water partition coefficient (Wildman–Crippen LogP) is 2.13. The molecule has 1 aromatic heterocycles. The number of likely N-dealkylation sites (tertiary alicyclic amines) is 1. The first kappa shape index (κ1) is 13.3. The highest BCUT2D eigenvalue weighted by Gasteiger charge is 2.17. The number of aromatic nitrogens is 1. The lowest BCUT2D eigenvalue weighted by molar-refractivity contribution is 0.0692. The summed E-state index contributed by atoms with van der Waals surface area (Å²) in [6, 6.07) is 0.238. The molecule has 2 heterocycles. The average Bonchev–Trinajstić information content (AvgIpc) is 2.78. The summed E-state index contributed by atoms with van der Waals surface area (Å²) in [5, 5.41) is 12.9. The summed E-state index contributed by atoms with van der Waals surface area (Å²) in [6.45, 7) is 5.35. The van der Waals surface area contributed by atoms with Crippen LogP contribution in [0.2, 0.25) is 0 Å². The van der Waals surface area contributed by atoms with Crippen LogP contribution in [0, 0.1) is 0 Å². The van der Waals surface area contributed by atoms with Crippen LogP contribution in [0.15, 0.2) is 5.51 Å². The minimum absolute atomic E-state index is 0.130. The number of rotatable bonds is 5. The van der Waals surface area contributed by atoms with E-state index in [0.717, 1.165) is 19.6 Å². The highest BCUT2D eigenvalue weighted by Crippen LogP contribution is 2.21. The molecule has 1 unspecified atom stereocenters. The number of aromatic carboxylic acids is 1. The first-order chi connectivity index (χ1) is 8.66. The quantitative estimate of drug-likeness (QED) is 0.857. The molecule has 0 saturated carbocycles. The average molecular weight is 269 g/mol. The number of carboxylic acids is 1. The van der Waals surface area contributed by atoms with Crippen LogP contribution in [0.1, 0.15) is 36.7 Å². The van der Waals surface area contributed by atoms with Crippen LogP contribution in [0.3, 0.4) is 0 Å². The monoisotopic (exact) mass is 269 g/mol. The van der Waals surface area contributed by atoms with E-state index < -0.39 is 5.97 Å². The van der Waals surface area contributed by atoms with Crippen molar-refractivity contribution in [2.75, 3.05) is 25.0 Å². The van der Waals surface area contributed by atoms with Gasteiger partial charge < -0.3 is 15.3 Å². The number of thiazole rings is 1. The number of carboxylic acid groups (broad SMARTS) is 1. The molecule has 5 nitrogen and oxygen atoms in total. The van der Waals surface area contributed by atoms with Gasteiger partial charge in [0.15, 0.2) is 5.69 Å². The third kappa shape index (κ3) is 3.43. The number of nitrogens with zero attached hydrogens (tertiary/aromatic N) is 2. The van der Waals surface area contributed by atoms with Crippen LogP contribution < -0.4 is 5.32 Å². The Morgan fingerprint density at radius 2 is 2.28 bits per heavy atom. The molecule has 1 aromatic rings. The molecule has 1 fully saturated rings. The maximum absolute atomic E-state index is 10.9. The fourth-order valence-corrected chi connectivity index (χ4v) is 3.08. The van der Waals surface area contributed by atoms with Crippen molar-refractivity contribution in [3.63, 3.8) is 0 Å². The smallest absolute Gasteiger partial charge is 0.357 e. The first-order valence-electron chi connectivity index (χ1n) is 6.32. The van der Waals surface area contributed by atoms with Crippen LogP contribution in [0.4, 0.5) is 5.00 Å². The fourth-order valence-electron chi connectivity index (χ4n) is 2.30. The van der Waals surface area contributed by atoms with Gasteiger partial charge in [0.25, 0.3) is 0 Å². The first-order valence-corrected chi connectivity index (χ1v) is 7.20. The molecule has 2 N–H and O–H groups in total. The Kier molecular flexibility index (Phi) is 4.54. The van der Waals surface area contributed by atoms with Gasteiger partial charge in [-0.3, -0.25) is 0 Å². The van der Waals surface area contributed by atoms with E-state index in [1.54, 1.807) is 5.51 Å². The lowest BCUT2D eigenvalue weighted by Crippen LogP contribution is -2.38. The van der Waals surface area contributed by atoms with Gasteiger partial charge >= 0.3 is 5.97 Å². The lowest BCUT2D eigenvalue weighted by Gasteiger charge is -2.29. The SMILES string of the molecule is CC(CN1CCCCC1)Nc1scnc1C(=O)O. The van der Waals surface area contributed by atoms with Crippen molar-refractivity contribution >= 4 is 22.3 Å². The molecule has 0 aromatic carbocycles.